The molecule has 0 fully saturated rings. The summed E-state index contributed by atoms with van der Waals surface area (Å²) in [5.41, 5.74) is 0. The summed E-state index contributed by atoms with van der Waals surface area (Å²) in [6.45, 7) is 0. The minimum Gasteiger partial charge on any atom is -0.274 e. The molecule has 4 heavy (non-hydrogen) atoms. The molecule has 0 aromatic rings. The van der Waals surface area contributed by atoms with Gasteiger partial charge in [0.1, 0.15) is 0 Å². The van der Waals surface area contributed by atoms with Crippen molar-refractivity contribution in [3.05, 3.63) is 0 Å². The van der Waals surface area contributed by atoms with Gasteiger partial charge in [-0.1, -0.05) is 0 Å². The predicted octanol–water partition coefficient (Wildman–Crippen LogP) is -0.999. The van der Waals surface area contributed by atoms with Crippen molar-refractivity contribution in [1.29, 1.82) is 0 Å². The molecule has 19 valence electrons. The SMILES string of the molecule is O=[Si]=O.[In]. The Hall–Kier alpha value is 0.687. The van der Waals surface area contributed by atoms with Gasteiger partial charge < -0.3 is 0 Å². The maximum atomic E-state index is 8.40. The molecule has 4 heteroatoms. The van der Waals surface area contributed by atoms with Crippen LogP contribution in [-0.4, -0.2) is 35.1 Å². The summed E-state index contributed by atoms with van der Waals surface area (Å²) in [6, 6.07) is 0. The molecule has 0 unspecified atom stereocenters. The van der Waals surface area contributed by atoms with Crippen LogP contribution in [0.2, 0.25) is 0 Å². The topological polar surface area (TPSA) is 34.1 Å². The Kier molecular flexibility index (Phi) is 20.6. The van der Waals surface area contributed by atoms with Gasteiger partial charge in [-0.05, 0) is 0 Å². The summed E-state index contributed by atoms with van der Waals surface area (Å²) in [4.78, 5) is 0. The van der Waals surface area contributed by atoms with Gasteiger partial charge in [-0.15, -0.1) is 0 Å². The quantitative estimate of drug-likeness (QED) is 0.442. The second kappa shape index (κ2) is 9.35. The van der Waals surface area contributed by atoms with Gasteiger partial charge in [0.05, 0.1) is 0 Å². The van der Waals surface area contributed by atoms with Gasteiger partial charge in [-0.2, -0.15) is 0 Å². The van der Waals surface area contributed by atoms with Crippen LogP contribution >= 0.6 is 0 Å². The van der Waals surface area contributed by atoms with E-state index in [4.69, 9.17) is 8.92 Å². The van der Waals surface area contributed by atoms with Gasteiger partial charge in [-0.3, -0.25) is 8.92 Å². The van der Waals surface area contributed by atoms with E-state index < -0.39 is 9.29 Å². The normalized spacial score (nSPS) is 2.00. The maximum absolute atomic E-state index is 8.40. The van der Waals surface area contributed by atoms with Gasteiger partial charge in [0.25, 0.3) is 0 Å². The van der Waals surface area contributed by atoms with Crippen molar-refractivity contribution in [2.45, 2.75) is 0 Å². The molecular formula is InO2Si. The van der Waals surface area contributed by atoms with Crippen molar-refractivity contribution in [3.8, 4) is 0 Å². The molecule has 0 aliphatic rings. The molecule has 0 aromatic heterocycles. The van der Waals surface area contributed by atoms with Crippen molar-refractivity contribution in [2.75, 3.05) is 0 Å². The largest absolute Gasteiger partial charge is 0.549 e. The van der Waals surface area contributed by atoms with Crippen LogP contribution in [0, 0.1) is 0 Å². The minimum atomic E-state index is -1.42. The van der Waals surface area contributed by atoms with E-state index in [2.05, 4.69) is 0 Å². The van der Waals surface area contributed by atoms with Crippen LogP contribution in [0.15, 0.2) is 0 Å². The zero-order chi connectivity index (χ0) is 2.71. The van der Waals surface area contributed by atoms with Crippen LogP contribution in [0.25, 0.3) is 0 Å². The number of hydrogen-bond donors (Lipinski definition) is 0. The van der Waals surface area contributed by atoms with E-state index in [-0.39, 0.29) is 25.8 Å². The molecule has 0 aliphatic carbocycles. The Bertz CT molecular complexity index is 27.0. The first-order chi connectivity index (χ1) is 1.41. The molecular weight excluding hydrogens is 175 g/mol. The summed E-state index contributed by atoms with van der Waals surface area (Å²) < 4.78 is 16.8. The molecule has 0 saturated carbocycles. The minimum absolute atomic E-state index is 0. The summed E-state index contributed by atoms with van der Waals surface area (Å²) in [6.07, 6.45) is 0. The Morgan fingerprint density at radius 3 is 1.25 bits per heavy atom. The van der Waals surface area contributed by atoms with Crippen LogP contribution in [0.1, 0.15) is 0 Å². The number of hydrogen-bond acceptors (Lipinski definition) is 2. The van der Waals surface area contributed by atoms with Gasteiger partial charge >= 0.3 is 9.29 Å². The summed E-state index contributed by atoms with van der Waals surface area (Å²) in [5.74, 6) is 0. The molecule has 0 spiro atoms. The van der Waals surface area contributed by atoms with E-state index in [0.717, 1.165) is 0 Å². The first kappa shape index (κ1) is 8.82. The first-order valence-corrected chi connectivity index (χ1v) is 1.22. The molecule has 0 saturated heterocycles. The molecule has 0 aliphatic heterocycles. The molecule has 3 radical (unpaired) electrons. The third-order valence-electron chi connectivity index (χ3n) is 0. The molecule has 0 rings (SSSR count). The smallest absolute Gasteiger partial charge is 0.274 e. The second-order valence-electron chi connectivity index (χ2n) is 0.0833. The van der Waals surface area contributed by atoms with E-state index >= 15 is 0 Å². The monoisotopic (exact) mass is 175 g/mol. The Morgan fingerprint density at radius 1 is 1.25 bits per heavy atom. The van der Waals surface area contributed by atoms with Gasteiger partial charge in [0, 0.05) is 25.8 Å². The van der Waals surface area contributed by atoms with Crippen LogP contribution in [0.5, 0.6) is 0 Å². The van der Waals surface area contributed by atoms with Crippen LogP contribution < -0.4 is 0 Å². The summed E-state index contributed by atoms with van der Waals surface area (Å²) >= 11 is 0. The van der Waals surface area contributed by atoms with Crippen molar-refractivity contribution >= 4 is 35.1 Å². The van der Waals surface area contributed by atoms with E-state index in [1.807, 2.05) is 0 Å². The van der Waals surface area contributed by atoms with E-state index in [9.17, 15) is 0 Å². The average Bonchev–Trinajstić information content (AvgIpc) is 0.918. The summed E-state index contributed by atoms with van der Waals surface area (Å²) in [7, 11) is -1.42. The standard InChI is InChI=1S/In.O2Si/c;1-3-2. The summed E-state index contributed by atoms with van der Waals surface area (Å²) in [5, 5.41) is 0. The molecule has 2 nitrogen and oxygen atoms in total. The van der Waals surface area contributed by atoms with Crippen molar-refractivity contribution < 1.29 is 8.92 Å². The van der Waals surface area contributed by atoms with E-state index in [0.29, 0.717) is 0 Å². The zero-order valence-corrected chi connectivity index (χ0v) is 6.19. The van der Waals surface area contributed by atoms with Crippen molar-refractivity contribution in [2.24, 2.45) is 0 Å². The Morgan fingerprint density at radius 2 is 1.25 bits per heavy atom. The van der Waals surface area contributed by atoms with E-state index in [1.54, 1.807) is 0 Å². The third kappa shape index (κ3) is 16.2. The zero-order valence-electron chi connectivity index (χ0n) is 1.89. The average molecular weight is 175 g/mol. The molecule has 0 N–H and O–H groups in total. The molecule has 0 atom stereocenters. The first-order valence-electron chi connectivity index (χ1n) is 0.408. The Labute approximate surface area is 44.3 Å². The third-order valence-corrected chi connectivity index (χ3v) is 0. The fourth-order valence-corrected chi connectivity index (χ4v) is 0. The van der Waals surface area contributed by atoms with Crippen LogP contribution in [-0.2, 0) is 8.92 Å². The molecule has 0 heterocycles. The predicted molar refractivity (Wildman–Crippen MR) is 12.9 cm³/mol. The number of rotatable bonds is 0. The fourth-order valence-electron chi connectivity index (χ4n) is 0. The second-order valence-corrected chi connectivity index (χ2v) is 0.250. The van der Waals surface area contributed by atoms with Gasteiger partial charge in [0.15, 0.2) is 0 Å². The van der Waals surface area contributed by atoms with E-state index in [1.165, 1.54) is 0 Å². The van der Waals surface area contributed by atoms with Crippen molar-refractivity contribution in [1.82, 2.24) is 0 Å². The molecule has 0 aromatic carbocycles. The fraction of sp³-hybridized carbons (Fsp3) is 0. The van der Waals surface area contributed by atoms with Gasteiger partial charge in [0.2, 0.25) is 0 Å². The van der Waals surface area contributed by atoms with Crippen molar-refractivity contribution in [3.63, 3.8) is 0 Å². The maximum Gasteiger partial charge on any atom is 0.549 e. The molecule has 0 bridgehead atoms. The van der Waals surface area contributed by atoms with Gasteiger partial charge in [-0.25, -0.2) is 0 Å². The molecule has 0 amide bonds. The van der Waals surface area contributed by atoms with Crippen LogP contribution in [0.4, 0.5) is 0 Å². The van der Waals surface area contributed by atoms with Crippen LogP contribution in [0.3, 0.4) is 0 Å². The Balaban J connectivity index is 0.